The molecule has 0 aliphatic carbocycles. The molecule has 1 atom stereocenters. The van der Waals surface area contributed by atoms with Crippen molar-refractivity contribution in [3.63, 3.8) is 0 Å². The predicted molar refractivity (Wildman–Crippen MR) is 75.4 cm³/mol. The number of benzene rings is 1. The molecule has 2 N–H and O–H groups in total. The van der Waals surface area contributed by atoms with Crippen molar-refractivity contribution in [3.05, 3.63) is 38.9 Å². The highest BCUT2D eigenvalue weighted by Gasteiger charge is 2.36. The maximum Gasteiger partial charge on any atom is 0.272 e. The van der Waals surface area contributed by atoms with Gasteiger partial charge in [-0.05, 0) is 45.2 Å². The third kappa shape index (κ3) is 2.80. The first kappa shape index (κ1) is 14.5. The van der Waals surface area contributed by atoms with Crippen LogP contribution in [-0.2, 0) is 11.2 Å². The molecule has 1 aliphatic heterocycles. The highest BCUT2D eigenvalue weighted by molar-refractivity contribution is 5.85. The maximum atomic E-state index is 11.9. The summed E-state index contributed by atoms with van der Waals surface area (Å²) in [5.74, 6) is -0.0733. The lowest BCUT2D eigenvalue weighted by Gasteiger charge is -2.18. The van der Waals surface area contributed by atoms with E-state index in [1.807, 2.05) is 26.8 Å². The highest BCUT2D eigenvalue weighted by atomic mass is 16.6. The number of nitro groups is 1. The Labute approximate surface area is 117 Å². The van der Waals surface area contributed by atoms with Crippen LogP contribution in [0.3, 0.4) is 0 Å². The maximum absolute atomic E-state index is 11.9. The fourth-order valence-electron chi connectivity index (χ4n) is 2.53. The number of carbonyl (C=O) groups excluding carboxylic acids is 1. The predicted octanol–water partition coefficient (Wildman–Crippen LogP) is 1.58. The van der Waals surface area contributed by atoms with Gasteiger partial charge in [0.15, 0.2) is 0 Å². The Hall–Kier alpha value is -1.95. The van der Waals surface area contributed by atoms with Crippen LogP contribution in [0, 0.1) is 24.0 Å². The molecule has 108 valence electrons. The molecule has 1 amide bonds. The van der Waals surface area contributed by atoms with Crippen molar-refractivity contribution in [2.24, 2.45) is 0 Å². The molecule has 1 heterocycles. The van der Waals surface area contributed by atoms with Gasteiger partial charge in [-0.1, -0.05) is 6.07 Å². The molecule has 0 saturated carbocycles. The Balaban J connectivity index is 2.27. The van der Waals surface area contributed by atoms with Crippen LogP contribution in [0.2, 0.25) is 0 Å². The van der Waals surface area contributed by atoms with Gasteiger partial charge in [0.1, 0.15) is 0 Å². The van der Waals surface area contributed by atoms with Gasteiger partial charge in [0, 0.05) is 11.6 Å². The van der Waals surface area contributed by atoms with Gasteiger partial charge in [-0.15, -0.1) is 0 Å². The topological polar surface area (TPSA) is 84.3 Å². The summed E-state index contributed by atoms with van der Waals surface area (Å²) in [5, 5.41) is 17.1. The van der Waals surface area contributed by atoms with Crippen LogP contribution in [0.1, 0.15) is 30.5 Å². The van der Waals surface area contributed by atoms with Crippen molar-refractivity contribution < 1.29 is 9.72 Å². The van der Waals surface area contributed by atoms with Gasteiger partial charge in [0.2, 0.25) is 5.91 Å². The molecular weight excluding hydrogens is 258 g/mol. The SMILES string of the molecule is Cc1cc(C[C@@H]2NC(C)(C)NC2=O)cc([N+](=O)[O-])c1C. The molecule has 1 aromatic carbocycles. The van der Waals surface area contributed by atoms with Crippen molar-refractivity contribution in [2.75, 3.05) is 0 Å². The van der Waals surface area contributed by atoms with Crippen LogP contribution < -0.4 is 10.6 Å². The summed E-state index contributed by atoms with van der Waals surface area (Å²) in [7, 11) is 0. The second-order valence-electron chi connectivity index (χ2n) is 5.83. The molecule has 0 radical (unpaired) electrons. The summed E-state index contributed by atoms with van der Waals surface area (Å²) in [5.41, 5.74) is 2.01. The molecule has 6 nitrogen and oxygen atoms in total. The monoisotopic (exact) mass is 277 g/mol. The van der Waals surface area contributed by atoms with Crippen LogP contribution in [0.4, 0.5) is 5.69 Å². The second kappa shape index (κ2) is 4.86. The number of carbonyl (C=O) groups is 1. The average Bonchev–Trinajstić information content (AvgIpc) is 2.56. The Kier molecular flexibility index (Phi) is 3.52. The third-order valence-electron chi connectivity index (χ3n) is 3.62. The lowest BCUT2D eigenvalue weighted by Crippen LogP contribution is -2.44. The summed E-state index contributed by atoms with van der Waals surface area (Å²) >= 11 is 0. The average molecular weight is 277 g/mol. The van der Waals surface area contributed by atoms with Crippen LogP contribution in [0.5, 0.6) is 0 Å². The third-order valence-corrected chi connectivity index (χ3v) is 3.62. The molecule has 6 heteroatoms. The smallest absolute Gasteiger partial charge is 0.272 e. The van der Waals surface area contributed by atoms with Gasteiger partial charge in [-0.2, -0.15) is 0 Å². The van der Waals surface area contributed by atoms with Gasteiger partial charge in [-0.25, -0.2) is 0 Å². The van der Waals surface area contributed by atoms with Crippen LogP contribution in [-0.4, -0.2) is 22.5 Å². The number of aryl methyl sites for hydroxylation is 1. The van der Waals surface area contributed by atoms with E-state index in [2.05, 4.69) is 10.6 Å². The van der Waals surface area contributed by atoms with Crippen molar-refractivity contribution in [1.82, 2.24) is 10.6 Å². The largest absolute Gasteiger partial charge is 0.337 e. The van der Waals surface area contributed by atoms with Gasteiger partial charge in [0.25, 0.3) is 5.69 Å². The number of amides is 1. The minimum absolute atomic E-state index is 0.0733. The van der Waals surface area contributed by atoms with Gasteiger partial charge in [0.05, 0.1) is 16.6 Å². The lowest BCUT2D eigenvalue weighted by molar-refractivity contribution is -0.385. The first-order valence-corrected chi connectivity index (χ1v) is 6.54. The van der Waals surface area contributed by atoms with E-state index in [1.165, 1.54) is 0 Å². The van der Waals surface area contributed by atoms with Crippen molar-refractivity contribution in [1.29, 1.82) is 0 Å². The molecule has 0 unspecified atom stereocenters. The van der Waals surface area contributed by atoms with Crippen LogP contribution in [0.15, 0.2) is 12.1 Å². The molecule has 0 bridgehead atoms. The summed E-state index contributed by atoms with van der Waals surface area (Å²) < 4.78 is 0. The Morgan fingerprint density at radius 1 is 1.35 bits per heavy atom. The normalized spacial score (nSPS) is 20.8. The Bertz CT molecular complexity index is 581. The lowest BCUT2D eigenvalue weighted by atomic mass is 9.99. The van der Waals surface area contributed by atoms with Gasteiger partial charge >= 0.3 is 0 Å². The summed E-state index contributed by atoms with van der Waals surface area (Å²) in [6.45, 7) is 7.35. The van der Waals surface area contributed by atoms with E-state index in [0.717, 1.165) is 11.1 Å². The minimum Gasteiger partial charge on any atom is -0.337 e. The summed E-state index contributed by atoms with van der Waals surface area (Å²) in [4.78, 5) is 22.5. The standard InChI is InChI=1S/C14H19N3O3/c1-8-5-10(7-12(9(8)2)17(19)20)6-11-13(18)16-14(3,4)15-11/h5,7,11,15H,6H2,1-4H3,(H,16,18)/t11-/m0/s1. The minimum atomic E-state index is -0.437. The Morgan fingerprint density at radius 3 is 2.50 bits per heavy atom. The zero-order valence-corrected chi connectivity index (χ0v) is 12.1. The molecule has 1 aliphatic rings. The molecule has 2 rings (SSSR count). The quantitative estimate of drug-likeness (QED) is 0.649. The first-order chi connectivity index (χ1) is 9.19. The molecule has 0 spiro atoms. The van der Waals surface area contributed by atoms with Gasteiger partial charge < -0.3 is 5.32 Å². The van der Waals surface area contributed by atoms with Crippen LogP contribution >= 0.6 is 0 Å². The number of rotatable bonds is 3. The van der Waals surface area contributed by atoms with E-state index in [4.69, 9.17) is 0 Å². The van der Waals surface area contributed by atoms with E-state index in [-0.39, 0.29) is 22.6 Å². The Morgan fingerprint density at radius 2 is 2.00 bits per heavy atom. The summed E-state index contributed by atoms with van der Waals surface area (Å²) in [6, 6.07) is 3.11. The number of nitrogens with one attached hydrogen (secondary N) is 2. The zero-order valence-electron chi connectivity index (χ0n) is 12.1. The van der Waals surface area contributed by atoms with Crippen LogP contribution in [0.25, 0.3) is 0 Å². The molecule has 20 heavy (non-hydrogen) atoms. The number of nitrogens with zero attached hydrogens (tertiary/aromatic N) is 1. The van der Waals surface area contributed by atoms with E-state index < -0.39 is 5.66 Å². The first-order valence-electron chi connectivity index (χ1n) is 6.54. The summed E-state index contributed by atoms with van der Waals surface area (Å²) in [6.07, 6.45) is 0.442. The molecule has 1 fully saturated rings. The number of hydrogen-bond acceptors (Lipinski definition) is 4. The van der Waals surface area contributed by atoms with E-state index in [0.29, 0.717) is 12.0 Å². The van der Waals surface area contributed by atoms with E-state index in [1.54, 1.807) is 13.0 Å². The molecule has 0 aromatic heterocycles. The fraction of sp³-hybridized carbons (Fsp3) is 0.500. The highest BCUT2D eigenvalue weighted by Crippen LogP contribution is 2.24. The van der Waals surface area contributed by atoms with Crippen molar-refractivity contribution in [3.8, 4) is 0 Å². The second-order valence-corrected chi connectivity index (χ2v) is 5.83. The number of hydrogen-bond donors (Lipinski definition) is 2. The molecule has 1 saturated heterocycles. The molecule has 1 aromatic rings. The fourth-order valence-corrected chi connectivity index (χ4v) is 2.53. The number of nitro benzene ring substituents is 1. The van der Waals surface area contributed by atoms with Gasteiger partial charge in [-0.3, -0.25) is 20.2 Å². The van der Waals surface area contributed by atoms with Crippen molar-refractivity contribution >= 4 is 11.6 Å². The van der Waals surface area contributed by atoms with Crippen molar-refractivity contribution in [2.45, 2.75) is 45.8 Å². The zero-order chi connectivity index (χ0) is 15.1. The molecular formula is C14H19N3O3. The van der Waals surface area contributed by atoms with E-state index >= 15 is 0 Å². The van der Waals surface area contributed by atoms with E-state index in [9.17, 15) is 14.9 Å².